The molecule has 1 aromatic rings. The van der Waals surface area contributed by atoms with Gasteiger partial charge < -0.3 is 15.0 Å². The molecule has 1 saturated heterocycles. The molecule has 0 radical (unpaired) electrons. The number of piperidine rings is 1. The van der Waals surface area contributed by atoms with Gasteiger partial charge in [0.05, 0.1) is 12.7 Å². The number of benzene rings is 1. The molecule has 0 aromatic heterocycles. The van der Waals surface area contributed by atoms with E-state index in [4.69, 9.17) is 4.74 Å². The number of ether oxygens (including phenoxy) is 1. The zero-order valence-corrected chi connectivity index (χ0v) is 16.4. The standard InChI is InChI=1S/C20H27F3N2O3/c1-4-13(2)19(27)25-9-7-14(8-10-25)18(26)24-12-15-5-6-16(28-3)11-17(15)20(21,22)23/h5-6,11,13-14H,4,7-10,12H2,1-3H3,(H,24,26). The van der Waals surface area contributed by atoms with Crippen molar-refractivity contribution in [3.8, 4) is 5.75 Å². The van der Waals surface area contributed by atoms with E-state index in [1.54, 1.807) is 4.90 Å². The summed E-state index contributed by atoms with van der Waals surface area (Å²) in [6.07, 6.45) is -2.73. The Bertz CT molecular complexity index is 698. The zero-order valence-electron chi connectivity index (χ0n) is 16.4. The fraction of sp³-hybridized carbons (Fsp3) is 0.600. The lowest BCUT2D eigenvalue weighted by atomic mass is 9.94. The highest BCUT2D eigenvalue weighted by Gasteiger charge is 2.34. The van der Waals surface area contributed by atoms with E-state index in [1.807, 2.05) is 13.8 Å². The van der Waals surface area contributed by atoms with E-state index in [1.165, 1.54) is 19.2 Å². The molecule has 1 aliphatic rings. The summed E-state index contributed by atoms with van der Waals surface area (Å²) >= 11 is 0. The summed E-state index contributed by atoms with van der Waals surface area (Å²) in [4.78, 5) is 26.4. The summed E-state index contributed by atoms with van der Waals surface area (Å²) in [5, 5.41) is 2.61. The Kier molecular flexibility index (Phi) is 7.32. The molecule has 8 heteroatoms. The molecule has 1 aromatic carbocycles. The second-order valence-electron chi connectivity index (χ2n) is 7.15. The van der Waals surface area contributed by atoms with Crippen LogP contribution in [-0.2, 0) is 22.3 Å². The Morgan fingerprint density at radius 2 is 1.93 bits per heavy atom. The minimum atomic E-state index is -4.53. The van der Waals surface area contributed by atoms with Crippen molar-refractivity contribution in [2.75, 3.05) is 20.2 Å². The molecule has 28 heavy (non-hydrogen) atoms. The summed E-state index contributed by atoms with van der Waals surface area (Å²) in [5.41, 5.74) is -0.827. The van der Waals surface area contributed by atoms with E-state index < -0.39 is 11.7 Å². The molecule has 1 heterocycles. The summed E-state index contributed by atoms with van der Waals surface area (Å²) in [7, 11) is 1.30. The Labute approximate surface area is 163 Å². The molecule has 1 N–H and O–H groups in total. The second kappa shape index (κ2) is 9.30. The third-order valence-corrected chi connectivity index (χ3v) is 5.29. The molecule has 0 spiro atoms. The number of amides is 2. The second-order valence-corrected chi connectivity index (χ2v) is 7.15. The maximum Gasteiger partial charge on any atom is 0.416 e. The van der Waals surface area contributed by atoms with Crippen LogP contribution < -0.4 is 10.1 Å². The molecule has 0 bridgehead atoms. The van der Waals surface area contributed by atoms with Gasteiger partial charge in [0, 0.05) is 31.5 Å². The third kappa shape index (κ3) is 5.39. The van der Waals surface area contributed by atoms with Gasteiger partial charge in [-0.05, 0) is 37.0 Å². The van der Waals surface area contributed by atoms with Crippen molar-refractivity contribution in [1.29, 1.82) is 0 Å². The molecule has 2 amide bonds. The lowest BCUT2D eigenvalue weighted by Gasteiger charge is -2.33. The zero-order chi connectivity index (χ0) is 20.9. The normalized spacial score (nSPS) is 16.6. The lowest BCUT2D eigenvalue weighted by Crippen LogP contribution is -2.44. The number of carbonyl (C=O) groups excluding carboxylic acids is 2. The van der Waals surface area contributed by atoms with Gasteiger partial charge in [-0.1, -0.05) is 19.9 Å². The van der Waals surface area contributed by atoms with Crippen molar-refractivity contribution in [2.45, 2.75) is 45.8 Å². The minimum Gasteiger partial charge on any atom is -0.497 e. The van der Waals surface area contributed by atoms with E-state index in [9.17, 15) is 22.8 Å². The third-order valence-electron chi connectivity index (χ3n) is 5.29. The van der Waals surface area contributed by atoms with Crippen LogP contribution in [0.3, 0.4) is 0 Å². The van der Waals surface area contributed by atoms with Gasteiger partial charge in [-0.25, -0.2) is 0 Å². The Hall–Kier alpha value is -2.25. The van der Waals surface area contributed by atoms with Gasteiger partial charge in [0.25, 0.3) is 0 Å². The van der Waals surface area contributed by atoms with Crippen LogP contribution >= 0.6 is 0 Å². The number of halogens is 3. The molecule has 0 saturated carbocycles. The van der Waals surface area contributed by atoms with Gasteiger partial charge in [-0.3, -0.25) is 9.59 Å². The number of likely N-dealkylation sites (tertiary alicyclic amines) is 1. The average Bonchev–Trinajstić information content (AvgIpc) is 2.70. The molecule has 156 valence electrons. The van der Waals surface area contributed by atoms with Crippen LogP contribution in [0.15, 0.2) is 18.2 Å². The first-order valence-electron chi connectivity index (χ1n) is 9.48. The maximum absolute atomic E-state index is 13.3. The summed E-state index contributed by atoms with van der Waals surface area (Å²) in [5.74, 6) is -0.412. The number of nitrogens with one attached hydrogen (secondary N) is 1. The predicted molar refractivity (Wildman–Crippen MR) is 98.6 cm³/mol. The van der Waals surface area contributed by atoms with Gasteiger partial charge >= 0.3 is 6.18 Å². The smallest absolute Gasteiger partial charge is 0.416 e. The number of rotatable bonds is 6. The summed E-state index contributed by atoms with van der Waals surface area (Å²) in [6.45, 7) is 4.63. The highest BCUT2D eigenvalue weighted by molar-refractivity contribution is 5.81. The van der Waals surface area contributed by atoms with Crippen molar-refractivity contribution < 1.29 is 27.5 Å². The highest BCUT2D eigenvalue weighted by atomic mass is 19.4. The molecular formula is C20H27F3N2O3. The van der Waals surface area contributed by atoms with Crippen LogP contribution in [-0.4, -0.2) is 36.9 Å². The predicted octanol–water partition coefficient (Wildman–Crippen LogP) is 3.61. The fourth-order valence-corrected chi connectivity index (χ4v) is 3.28. The molecule has 0 aliphatic carbocycles. The van der Waals surface area contributed by atoms with E-state index in [0.29, 0.717) is 25.9 Å². The minimum absolute atomic E-state index is 0.00830. The van der Waals surface area contributed by atoms with Crippen LogP contribution in [0.4, 0.5) is 13.2 Å². The Morgan fingerprint density at radius 1 is 1.29 bits per heavy atom. The largest absolute Gasteiger partial charge is 0.497 e. The molecule has 1 unspecified atom stereocenters. The van der Waals surface area contributed by atoms with Crippen molar-refractivity contribution in [3.63, 3.8) is 0 Å². The Morgan fingerprint density at radius 3 is 2.46 bits per heavy atom. The van der Waals surface area contributed by atoms with Crippen LogP contribution in [0.1, 0.15) is 44.2 Å². The number of hydrogen-bond donors (Lipinski definition) is 1. The maximum atomic E-state index is 13.3. The van der Waals surface area contributed by atoms with Gasteiger partial charge in [0.15, 0.2) is 0 Å². The molecular weight excluding hydrogens is 373 g/mol. The summed E-state index contributed by atoms with van der Waals surface area (Å²) < 4.78 is 44.6. The molecule has 1 aliphatic heterocycles. The molecule has 1 atom stereocenters. The summed E-state index contributed by atoms with van der Waals surface area (Å²) in [6, 6.07) is 3.69. The molecule has 5 nitrogen and oxygen atoms in total. The average molecular weight is 400 g/mol. The van der Waals surface area contributed by atoms with Crippen molar-refractivity contribution in [2.24, 2.45) is 11.8 Å². The van der Waals surface area contributed by atoms with Crippen LogP contribution in [0.2, 0.25) is 0 Å². The molecule has 1 fully saturated rings. The van der Waals surface area contributed by atoms with Crippen LogP contribution in [0.5, 0.6) is 5.75 Å². The van der Waals surface area contributed by atoms with E-state index in [2.05, 4.69) is 5.32 Å². The first-order valence-corrected chi connectivity index (χ1v) is 9.48. The number of hydrogen-bond acceptors (Lipinski definition) is 3. The van der Waals surface area contributed by atoms with Gasteiger partial charge in [-0.15, -0.1) is 0 Å². The van der Waals surface area contributed by atoms with E-state index >= 15 is 0 Å². The SMILES string of the molecule is CCC(C)C(=O)N1CCC(C(=O)NCc2ccc(OC)cc2C(F)(F)F)CC1. The lowest BCUT2D eigenvalue weighted by molar-refractivity contribution is -0.139. The molecule has 2 rings (SSSR count). The monoisotopic (exact) mass is 400 g/mol. The number of methoxy groups -OCH3 is 1. The fourth-order valence-electron chi connectivity index (χ4n) is 3.28. The first kappa shape index (κ1) is 22.0. The quantitative estimate of drug-likeness (QED) is 0.794. The van der Waals surface area contributed by atoms with Crippen molar-refractivity contribution in [3.05, 3.63) is 29.3 Å². The van der Waals surface area contributed by atoms with Crippen LogP contribution in [0, 0.1) is 11.8 Å². The van der Waals surface area contributed by atoms with Crippen LogP contribution in [0.25, 0.3) is 0 Å². The van der Waals surface area contributed by atoms with E-state index in [0.717, 1.165) is 12.5 Å². The van der Waals surface area contributed by atoms with E-state index in [-0.39, 0.29) is 41.5 Å². The highest BCUT2D eigenvalue weighted by Crippen LogP contribution is 2.34. The van der Waals surface area contributed by atoms with Gasteiger partial charge in [0.2, 0.25) is 11.8 Å². The number of alkyl halides is 3. The van der Waals surface area contributed by atoms with Crippen molar-refractivity contribution in [1.82, 2.24) is 10.2 Å². The number of nitrogens with zero attached hydrogens (tertiary/aromatic N) is 1. The van der Waals surface area contributed by atoms with Crippen molar-refractivity contribution >= 4 is 11.8 Å². The first-order chi connectivity index (χ1) is 13.2. The topological polar surface area (TPSA) is 58.6 Å². The van der Waals surface area contributed by atoms with Gasteiger partial charge in [0.1, 0.15) is 5.75 Å². The Balaban J connectivity index is 1.94. The van der Waals surface area contributed by atoms with Gasteiger partial charge in [-0.2, -0.15) is 13.2 Å². The number of carbonyl (C=O) groups is 2.